The van der Waals surface area contributed by atoms with E-state index in [4.69, 9.17) is 15.2 Å². The van der Waals surface area contributed by atoms with Crippen LogP contribution in [0, 0.1) is 6.92 Å². The third-order valence-corrected chi connectivity index (χ3v) is 3.67. The van der Waals surface area contributed by atoms with Crippen molar-refractivity contribution >= 4 is 12.2 Å². The molecule has 0 aliphatic carbocycles. The number of carbonyl (C=O) groups is 1. The van der Waals surface area contributed by atoms with E-state index in [1.807, 2.05) is 24.3 Å². The number of hydrogen-bond donors (Lipinski definition) is 2. The lowest BCUT2D eigenvalue weighted by Crippen LogP contribution is -2.24. The summed E-state index contributed by atoms with van der Waals surface area (Å²) in [6.07, 6.45) is 1.50. The average Bonchev–Trinajstić information content (AvgIpc) is 2.59. The van der Waals surface area contributed by atoms with E-state index in [1.54, 1.807) is 0 Å². The van der Waals surface area contributed by atoms with Gasteiger partial charge < -0.3 is 15.2 Å². The van der Waals surface area contributed by atoms with Crippen molar-refractivity contribution in [3.8, 4) is 11.5 Å². The molecule has 0 aliphatic heterocycles. The maximum atomic E-state index is 10.5. The number of aryl methyl sites for hydroxylation is 1. The first-order valence-electron chi connectivity index (χ1n) is 8.50. The molecule has 0 spiro atoms. The van der Waals surface area contributed by atoms with Crippen molar-refractivity contribution in [1.82, 2.24) is 5.43 Å². The number of carbonyl (C=O) groups excluding carboxylic acids is 1. The summed E-state index contributed by atoms with van der Waals surface area (Å²) in [5.41, 5.74) is 10.3. The number of primary amides is 1. The molecule has 0 unspecified atom stereocenters. The molecule has 6 nitrogen and oxygen atoms in total. The maximum Gasteiger partial charge on any atom is 0.332 e. The fourth-order valence-corrected chi connectivity index (χ4v) is 2.38. The minimum absolute atomic E-state index is 0.407. The van der Waals surface area contributed by atoms with Gasteiger partial charge in [-0.15, -0.1) is 0 Å². The van der Waals surface area contributed by atoms with E-state index in [1.165, 1.54) is 17.3 Å². The highest BCUT2D eigenvalue weighted by atomic mass is 16.5. The minimum Gasteiger partial charge on any atom is -0.490 e. The van der Waals surface area contributed by atoms with Crippen molar-refractivity contribution in [1.29, 1.82) is 0 Å². The first-order chi connectivity index (χ1) is 12.5. The molecular formula is C20H25N3O3. The Morgan fingerprint density at radius 2 is 1.85 bits per heavy atom. The van der Waals surface area contributed by atoms with Gasteiger partial charge in [-0.2, -0.15) is 5.10 Å². The number of hydrogen-bond acceptors (Lipinski definition) is 4. The Bertz CT molecular complexity index is 755. The summed E-state index contributed by atoms with van der Waals surface area (Å²) >= 11 is 0. The van der Waals surface area contributed by atoms with Crippen LogP contribution in [-0.4, -0.2) is 25.5 Å². The second-order valence-electron chi connectivity index (χ2n) is 6.20. The molecule has 0 saturated heterocycles. The van der Waals surface area contributed by atoms with Crippen LogP contribution in [0.15, 0.2) is 47.6 Å². The molecule has 2 rings (SSSR count). The van der Waals surface area contributed by atoms with Crippen LogP contribution >= 0.6 is 0 Å². The third-order valence-electron chi connectivity index (χ3n) is 3.67. The van der Waals surface area contributed by atoms with Gasteiger partial charge in [-0.05, 0) is 59.9 Å². The summed E-state index contributed by atoms with van der Waals surface area (Å²) in [4.78, 5) is 10.5. The summed E-state index contributed by atoms with van der Waals surface area (Å²) in [5, 5.41) is 3.70. The smallest absolute Gasteiger partial charge is 0.332 e. The van der Waals surface area contributed by atoms with Gasteiger partial charge in [0.05, 0.1) is 6.21 Å². The third kappa shape index (κ3) is 6.12. The number of rotatable bonds is 8. The van der Waals surface area contributed by atoms with Gasteiger partial charge in [0, 0.05) is 0 Å². The molecule has 2 aromatic rings. The lowest BCUT2D eigenvalue weighted by atomic mass is 10.0. The number of nitrogens with zero attached hydrogens (tertiary/aromatic N) is 1. The van der Waals surface area contributed by atoms with E-state index in [-0.39, 0.29) is 0 Å². The molecule has 138 valence electrons. The predicted octanol–water partition coefficient (Wildman–Crippen LogP) is 3.58. The fraction of sp³-hybridized carbons (Fsp3) is 0.300. The van der Waals surface area contributed by atoms with E-state index in [2.05, 4.69) is 49.5 Å². The van der Waals surface area contributed by atoms with Crippen LogP contribution in [0.2, 0.25) is 0 Å². The Labute approximate surface area is 154 Å². The summed E-state index contributed by atoms with van der Waals surface area (Å²) in [5.74, 6) is 2.06. The molecule has 2 aromatic carbocycles. The first-order valence-corrected chi connectivity index (χ1v) is 8.50. The number of hydrazone groups is 1. The van der Waals surface area contributed by atoms with Gasteiger partial charge >= 0.3 is 6.03 Å². The summed E-state index contributed by atoms with van der Waals surface area (Å²) in [6.45, 7) is 7.27. The van der Waals surface area contributed by atoms with Crippen molar-refractivity contribution in [2.24, 2.45) is 10.8 Å². The SMILES string of the molecule is Cc1ccc(C(C)C)c(OCCOc2ccc(C=NNC(N)=O)cc2)c1. The Balaban J connectivity index is 1.82. The van der Waals surface area contributed by atoms with Crippen LogP contribution in [0.25, 0.3) is 0 Å². The Morgan fingerprint density at radius 3 is 2.50 bits per heavy atom. The Hall–Kier alpha value is -3.02. The highest BCUT2D eigenvalue weighted by Gasteiger charge is 2.08. The number of nitrogens with one attached hydrogen (secondary N) is 1. The summed E-state index contributed by atoms with van der Waals surface area (Å²) < 4.78 is 11.6. The average molecular weight is 355 g/mol. The number of urea groups is 1. The maximum absolute atomic E-state index is 10.5. The molecule has 0 heterocycles. The molecular weight excluding hydrogens is 330 g/mol. The molecule has 0 atom stereocenters. The van der Waals surface area contributed by atoms with Crippen LogP contribution in [0.3, 0.4) is 0 Å². The molecule has 0 bridgehead atoms. The van der Waals surface area contributed by atoms with Crippen LogP contribution in [0.5, 0.6) is 11.5 Å². The molecule has 0 saturated carbocycles. The van der Waals surface area contributed by atoms with Crippen LogP contribution < -0.4 is 20.6 Å². The normalized spacial score (nSPS) is 10.9. The summed E-state index contributed by atoms with van der Waals surface area (Å²) in [6, 6.07) is 12.9. The fourth-order valence-electron chi connectivity index (χ4n) is 2.38. The van der Waals surface area contributed by atoms with E-state index in [0.29, 0.717) is 19.1 Å². The van der Waals surface area contributed by atoms with Crippen molar-refractivity contribution in [2.75, 3.05) is 13.2 Å². The van der Waals surface area contributed by atoms with Gasteiger partial charge in [0.2, 0.25) is 0 Å². The van der Waals surface area contributed by atoms with E-state index in [9.17, 15) is 4.79 Å². The lowest BCUT2D eigenvalue weighted by Gasteiger charge is -2.15. The van der Waals surface area contributed by atoms with Crippen LogP contribution in [0.4, 0.5) is 4.79 Å². The lowest BCUT2D eigenvalue weighted by molar-refractivity contribution is 0.215. The van der Waals surface area contributed by atoms with Crippen molar-refractivity contribution in [3.05, 3.63) is 59.2 Å². The van der Waals surface area contributed by atoms with Gasteiger partial charge in [-0.1, -0.05) is 26.0 Å². The molecule has 0 fully saturated rings. The monoisotopic (exact) mass is 355 g/mol. The number of amides is 2. The summed E-state index contributed by atoms with van der Waals surface area (Å²) in [7, 11) is 0. The van der Waals surface area contributed by atoms with E-state index < -0.39 is 6.03 Å². The highest BCUT2D eigenvalue weighted by molar-refractivity contribution is 5.81. The van der Waals surface area contributed by atoms with Crippen molar-refractivity contribution < 1.29 is 14.3 Å². The van der Waals surface area contributed by atoms with Gasteiger partial charge in [-0.25, -0.2) is 10.2 Å². The van der Waals surface area contributed by atoms with Gasteiger partial charge in [-0.3, -0.25) is 0 Å². The van der Waals surface area contributed by atoms with Crippen LogP contribution in [0.1, 0.15) is 36.5 Å². The zero-order chi connectivity index (χ0) is 18.9. The van der Waals surface area contributed by atoms with E-state index >= 15 is 0 Å². The highest BCUT2D eigenvalue weighted by Crippen LogP contribution is 2.27. The molecule has 2 amide bonds. The Morgan fingerprint density at radius 1 is 1.15 bits per heavy atom. The molecule has 3 N–H and O–H groups in total. The number of ether oxygens (including phenoxy) is 2. The zero-order valence-electron chi connectivity index (χ0n) is 15.4. The standard InChI is InChI=1S/C20H25N3O3/c1-14(2)18-9-4-15(3)12-19(18)26-11-10-25-17-7-5-16(6-8-17)13-22-23-20(21)24/h4-9,12-14H,10-11H2,1-3H3,(H3,21,23,24). The van der Waals surface area contributed by atoms with Gasteiger partial charge in [0.1, 0.15) is 24.7 Å². The number of nitrogens with two attached hydrogens (primary N) is 1. The minimum atomic E-state index is -0.699. The van der Waals surface area contributed by atoms with Crippen molar-refractivity contribution in [3.63, 3.8) is 0 Å². The quantitative estimate of drug-likeness (QED) is 0.431. The van der Waals surface area contributed by atoms with Crippen LogP contribution in [-0.2, 0) is 0 Å². The van der Waals surface area contributed by atoms with E-state index in [0.717, 1.165) is 17.1 Å². The molecule has 0 radical (unpaired) electrons. The second-order valence-corrected chi connectivity index (χ2v) is 6.20. The first kappa shape index (κ1) is 19.3. The molecule has 26 heavy (non-hydrogen) atoms. The topological polar surface area (TPSA) is 85.9 Å². The Kier molecular flexibility index (Phi) is 7.02. The van der Waals surface area contributed by atoms with Gasteiger partial charge in [0.15, 0.2) is 0 Å². The number of benzene rings is 2. The molecule has 0 aliphatic rings. The molecule has 0 aromatic heterocycles. The second kappa shape index (κ2) is 9.46. The largest absolute Gasteiger partial charge is 0.490 e. The van der Waals surface area contributed by atoms with Crippen molar-refractivity contribution in [2.45, 2.75) is 26.7 Å². The predicted molar refractivity (Wildman–Crippen MR) is 103 cm³/mol. The zero-order valence-corrected chi connectivity index (χ0v) is 15.4. The van der Waals surface area contributed by atoms with Gasteiger partial charge in [0.25, 0.3) is 0 Å². The molecule has 6 heteroatoms.